The van der Waals surface area contributed by atoms with Crippen molar-refractivity contribution in [1.82, 2.24) is 15.5 Å². The molecule has 0 radical (unpaired) electrons. The Morgan fingerprint density at radius 2 is 2.23 bits per heavy atom. The second-order valence-electron chi connectivity index (χ2n) is 5.85. The number of nitrogens with one attached hydrogen (secondary N) is 2. The van der Waals surface area contributed by atoms with Crippen molar-refractivity contribution in [3.05, 3.63) is 29.8 Å². The molecular formula is C16H22N4O2. The van der Waals surface area contributed by atoms with Crippen molar-refractivity contribution >= 4 is 17.6 Å². The zero-order chi connectivity index (χ0) is 15.5. The fourth-order valence-electron chi connectivity index (χ4n) is 3.02. The van der Waals surface area contributed by atoms with Crippen LogP contribution in [0.5, 0.6) is 0 Å². The lowest BCUT2D eigenvalue weighted by Gasteiger charge is -2.28. The molecular weight excluding hydrogens is 280 g/mol. The van der Waals surface area contributed by atoms with Crippen LogP contribution in [-0.4, -0.2) is 56.1 Å². The highest BCUT2D eigenvalue weighted by molar-refractivity contribution is 5.98. The third-order valence-corrected chi connectivity index (χ3v) is 4.39. The smallest absolute Gasteiger partial charge is 0.321 e. The number of hydrogen-bond donors (Lipinski definition) is 2. The van der Waals surface area contributed by atoms with Gasteiger partial charge in [0.05, 0.1) is 0 Å². The van der Waals surface area contributed by atoms with Gasteiger partial charge in [-0.15, -0.1) is 0 Å². The van der Waals surface area contributed by atoms with Crippen LogP contribution in [0, 0.1) is 0 Å². The predicted molar refractivity (Wildman–Crippen MR) is 85.2 cm³/mol. The average molecular weight is 302 g/mol. The second kappa shape index (κ2) is 6.36. The molecule has 6 heteroatoms. The van der Waals surface area contributed by atoms with Gasteiger partial charge in [0.25, 0.3) is 5.91 Å². The summed E-state index contributed by atoms with van der Waals surface area (Å²) in [5, 5.41) is 6.10. The van der Waals surface area contributed by atoms with E-state index in [9.17, 15) is 9.59 Å². The van der Waals surface area contributed by atoms with Crippen molar-refractivity contribution in [3.8, 4) is 0 Å². The Labute approximate surface area is 130 Å². The Bertz CT molecular complexity index is 569. The zero-order valence-corrected chi connectivity index (χ0v) is 12.8. The Kier molecular flexibility index (Phi) is 4.29. The first-order valence-corrected chi connectivity index (χ1v) is 7.80. The molecule has 1 aromatic carbocycles. The molecule has 3 amide bonds. The number of carbonyl (C=O) groups is 2. The van der Waals surface area contributed by atoms with Crippen LogP contribution in [0.4, 0.5) is 10.5 Å². The number of nitrogens with zero attached hydrogens (tertiary/aromatic N) is 2. The van der Waals surface area contributed by atoms with Gasteiger partial charge in [0.15, 0.2) is 0 Å². The van der Waals surface area contributed by atoms with Crippen LogP contribution in [0.15, 0.2) is 24.3 Å². The number of carbonyl (C=O) groups excluding carboxylic acids is 2. The van der Waals surface area contributed by atoms with Crippen molar-refractivity contribution in [1.29, 1.82) is 0 Å². The maximum atomic E-state index is 12.6. The Hall–Kier alpha value is -2.08. The van der Waals surface area contributed by atoms with Crippen molar-refractivity contribution in [2.24, 2.45) is 0 Å². The molecule has 2 aliphatic rings. The minimum Gasteiger partial charge on any atom is -0.338 e. The third kappa shape index (κ3) is 2.92. The molecule has 1 unspecified atom stereocenters. The lowest BCUT2D eigenvalue weighted by molar-refractivity contribution is 0.0743. The van der Waals surface area contributed by atoms with E-state index in [0.717, 1.165) is 31.6 Å². The lowest BCUT2D eigenvalue weighted by atomic mass is 10.1. The SMILES string of the molecule is CN(C(=O)c1cccc(N2CCCNC2=O)c1)C1CCNC1. The minimum absolute atomic E-state index is 0.00738. The summed E-state index contributed by atoms with van der Waals surface area (Å²) in [7, 11) is 1.85. The van der Waals surface area contributed by atoms with Crippen LogP contribution < -0.4 is 15.5 Å². The summed E-state index contributed by atoms with van der Waals surface area (Å²) in [5.74, 6) is 0.00738. The summed E-state index contributed by atoms with van der Waals surface area (Å²) in [4.78, 5) is 28.1. The predicted octanol–water partition coefficient (Wildman–Crippen LogP) is 1.04. The third-order valence-electron chi connectivity index (χ3n) is 4.39. The normalized spacial score (nSPS) is 21.6. The summed E-state index contributed by atoms with van der Waals surface area (Å²) < 4.78 is 0. The maximum absolute atomic E-state index is 12.6. The van der Waals surface area contributed by atoms with Crippen LogP contribution in [0.3, 0.4) is 0 Å². The van der Waals surface area contributed by atoms with Crippen LogP contribution in [0.25, 0.3) is 0 Å². The highest BCUT2D eigenvalue weighted by Gasteiger charge is 2.25. The number of amides is 3. The standard InChI is InChI=1S/C16H22N4O2/c1-19(14-6-8-17-11-14)15(21)12-4-2-5-13(10-12)20-9-3-7-18-16(20)22/h2,4-5,10,14,17H,3,6-9,11H2,1H3,(H,18,22). The summed E-state index contributed by atoms with van der Waals surface area (Å²) in [6, 6.07) is 7.49. The molecule has 0 bridgehead atoms. The van der Waals surface area contributed by atoms with E-state index in [1.165, 1.54) is 0 Å². The lowest BCUT2D eigenvalue weighted by Crippen LogP contribution is -2.46. The van der Waals surface area contributed by atoms with E-state index in [1.807, 2.05) is 31.3 Å². The molecule has 118 valence electrons. The number of likely N-dealkylation sites (N-methyl/N-ethyl adjacent to an activating group) is 1. The molecule has 0 aliphatic carbocycles. The highest BCUT2D eigenvalue weighted by atomic mass is 16.2. The molecule has 0 aromatic heterocycles. The van der Waals surface area contributed by atoms with Crippen LogP contribution in [0.1, 0.15) is 23.2 Å². The average Bonchev–Trinajstić information content (AvgIpc) is 3.08. The number of urea groups is 1. The van der Waals surface area contributed by atoms with Crippen molar-refractivity contribution in [2.75, 3.05) is 38.1 Å². The zero-order valence-electron chi connectivity index (χ0n) is 12.8. The van der Waals surface area contributed by atoms with E-state index in [2.05, 4.69) is 10.6 Å². The number of benzene rings is 1. The van der Waals surface area contributed by atoms with Crippen LogP contribution in [-0.2, 0) is 0 Å². The van der Waals surface area contributed by atoms with E-state index in [-0.39, 0.29) is 18.0 Å². The summed E-state index contributed by atoms with van der Waals surface area (Å²) in [5.41, 5.74) is 1.41. The van der Waals surface area contributed by atoms with E-state index in [1.54, 1.807) is 9.80 Å². The number of anilines is 1. The summed E-state index contributed by atoms with van der Waals surface area (Å²) in [6.07, 6.45) is 1.90. The van der Waals surface area contributed by atoms with Crippen molar-refractivity contribution < 1.29 is 9.59 Å². The fourth-order valence-corrected chi connectivity index (χ4v) is 3.02. The van der Waals surface area contributed by atoms with Crippen molar-refractivity contribution in [2.45, 2.75) is 18.9 Å². The molecule has 1 atom stereocenters. The van der Waals surface area contributed by atoms with E-state index < -0.39 is 0 Å². The van der Waals surface area contributed by atoms with Gasteiger partial charge >= 0.3 is 6.03 Å². The van der Waals surface area contributed by atoms with Gasteiger partial charge in [-0.05, 0) is 37.6 Å². The first kappa shape index (κ1) is 14.8. The van der Waals surface area contributed by atoms with Crippen LogP contribution >= 0.6 is 0 Å². The Morgan fingerprint density at radius 1 is 1.36 bits per heavy atom. The summed E-state index contributed by atoms with van der Waals surface area (Å²) in [6.45, 7) is 3.20. The molecule has 0 spiro atoms. The molecule has 6 nitrogen and oxygen atoms in total. The van der Waals surface area contributed by atoms with Gasteiger partial charge < -0.3 is 15.5 Å². The summed E-state index contributed by atoms with van der Waals surface area (Å²) >= 11 is 0. The first-order valence-electron chi connectivity index (χ1n) is 7.80. The molecule has 2 aliphatic heterocycles. The van der Waals surface area contributed by atoms with E-state index in [4.69, 9.17) is 0 Å². The largest absolute Gasteiger partial charge is 0.338 e. The minimum atomic E-state index is -0.0933. The molecule has 2 fully saturated rings. The van der Waals surface area contributed by atoms with Gasteiger partial charge in [-0.3, -0.25) is 9.69 Å². The molecule has 22 heavy (non-hydrogen) atoms. The quantitative estimate of drug-likeness (QED) is 0.877. The van der Waals surface area contributed by atoms with Gasteiger partial charge in [-0.1, -0.05) is 6.07 Å². The van der Waals surface area contributed by atoms with Gasteiger partial charge in [-0.25, -0.2) is 4.79 Å². The maximum Gasteiger partial charge on any atom is 0.321 e. The van der Waals surface area contributed by atoms with E-state index in [0.29, 0.717) is 18.7 Å². The molecule has 1 aromatic rings. The van der Waals surface area contributed by atoms with Gasteiger partial charge in [0.1, 0.15) is 0 Å². The molecule has 3 rings (SSSR count). The topological polar surface area (TPSA) is 64.7 Å². The van der Waals surface area contributed by atoms with Gasteiger partial charge in [0.2, 0.25) is 0 Å². The monoisotopic (exact) mass is 302 g/mol. The Balaban J connectivity index is 1.78. The fraction of sp³-hybridized carbons (Fsp3) is 0.500. The number of rotatable bonds is 3. The number of hydrogen-bond acceptors (Lipinski definition) is 3. The van der Waals surface area contributed by atoms with Crippen LogP contribution in [0.2, 0.25) is 0 Å². The molecule has 2 saturated heterocycles. The highest BCUT2D eigenvalue weighted by Crippen LogP contribution is 2.20. The molecule has 2 heterocycles. The van der Waals surface area contributed by atoms with Gasteiger partial charge in [0, 0.05) is 44.0 Å². The van der Waals surface area contributed by atoms with Gasteiger partial charge in [-0.2, -0.15) is 0 Å². The Morgan fingerprint density at radius 3 is 2.95 bits per heavy atom. The molecule has 0 saturated carbocycles. The first-order chi connectivity index (χ1) is 10.7. The molecule has 2 N–H and O–H groups in total. The second-order valence-corrected chi connectivity index (χ2v) is 5.85. The van der Waals surface area contributed by atoms with E-state index >= 15 is 0 Å². The van der Waals surface area contributed by atoms with Crippen molar-refractivity contribution in [3.63, 3.8) is 0 Å².